The highest BCUT2D eigenvalue weighted by Crippen LogP contribution is 2.35. The molecule has 1 aliphatic rings. The Morgan fingerprint density at radius 1 is 0.806 bits per heavy atom. The van der Waals surface area contributed by atoms with Gasteiger partial charge >= 0.3 is 24.1 Å². The quantitative estimate of drug-likeness (QED) is 0.163. The van der Waals surface area contributed by atoms with Crippen molar-refractivity contribution in [2.24, 2.45) is 11.8 Å². The van der Waals surface area contributed by atoms with Crippen molar-refractivity contribution in [1.29, 1.82) is 0 Å². The monoisotopic (exact) mass is 498 g/mol. The molecule has 0 aromatic heterocycles. The molecular formula is C26H26O10. The summed E-state index contributed by atoms with van der Waals surface area (Å²) >= 11 is 0. The summed E-state index contributed by atoms with van der Waals surface area (Å²) in [4.78, 5) is 47.8. The fraction of sp³-hybridized carbons (Fsp3) is 0.308. The highest BCUT2D eigenvalue weighted by atomic mass is 16.8. The lowest BCUT2D eigenvalue weighted by atomic mass is 9.82. The Labute approximate surface area is 207 Å². The summed E-state index contributed by atoms with van der Waals surface area (Å²) in [5.41, 5.74) is 0. The summed E-state index contributed by atoms with van der Waals surface area (Å²) in [6.07, 6.45) is 1.81. The Bertz CT molecular complexity index is 1090. The maximum atomic E-state index is 12.7. The first kappa shape index (κ1) is 26.3. The number of rotatable bonds is 9. The third kappa shape index (κ3) is 7.59. The molecule has 0 atom stereocenters. The van der Waals surface area contributed by atoms with Gasteiger partial charge in [0.25, 0.3) is 0 Å². The van der Waals surface area contributed by atoms with Crippen LogP contribution in [0.2, 0.25) is 0 Å². The maximum Gasteiger partial charge on any atom is 0.516 e. The standard InChI is InChI=1S/C26H26O10/c1-3-23(27)32-16-33-26(30)35-20-13-14-21(22(15-20)31-2)36-25(29)18-11-9-17(10-12-18)24(28)34-19-7-5-4-6-8-19/h3-8,13-15,17-18H,1,9-12,16H2,2H3/t17-,18-. The van der Waals surface area contributed by atoms with E-state index in [1.807, 2.05) is 6.07 Å². The highest BCUT2D eigenvalue weighted by Gasteiger charge is 2.32. The van der Waals surface area contributed by atoms with Gasteiger partial charge < -0.3 is 28.4 Å². The van der Waals surface area contributed by atoms with Gasteiger partial charge in [-0.1, -0.05) is 24.8 Å². The smallest absolute Gasteiger partial charge is 0.493 e. The minimum atomic E-state index is -1.11. The second-order valence-electron chi connectivity index (χ2n) is 7.80. The molecule has 1 fully saturated rings. The molecule has 1 aliphatic carbocycles. The molecule has 0 amide bonds. The van der Waals surface area contributed by atoms with Gasteiger partial charge in [-0.25, -0.2) is 9.59 Å². The van der Waals surface area contributed by atoms with Gasteiger partial charge in [0.1, 0.15) is 11.5 Å². The van der Waals surface area contributed by atoms with Crippen LogP contribution in [-0.4, -0.2) is 38.0 Å². The normalized spacial score (nSPS) is 16.7. The van der Waals surface area contributed by atoms with Crippen molar-refractivity contribution < 1.29 is 47.6 Å². The van der Waals surface area contributed by atoms with Crippen LogP contribution in [0.3, 0.4) is 0 Å². The largest absolute Gasteiger partial charge is 0.516 e. The Balaban J connectivity index is 1.49. The maximum absolute atomic E-state index is 12.7. The lowest BCUT2D eigenvalue weighted by Gasteiger charge is -2.26. The molecule has 190 valence electrons. The second-order valence-corrected chi connectivity index (χ2v) is 7.80. The van der Waals surface area contributed by atoms with Crippen LogP contribution in [-0.2, 0) is 23.9 Å². The van der Waals surface area contributed by atoms with Gasteiger partial charge in [0.15, 0.2) is 11.5 Å². The van der Waals surface area contributed by atoms with Gasteiger partial charge in [0.2, 0.25) is 6.79 Å². The predicted octanol–water partition coefficient (Wildman–Crippen LogP) is 4.21. The third-order valence-electron chi connectivity index (χ3n) is 5.45. The lowest BCUT2D eigenvalue weighted by molar-refractivity contribution is -0.146. The van der Waals surface area contributed by atoms with E-state index in [9.17, 15) is 19.2 Å². The SMILES string of the molecule is C=CC(=O)OCOC(=O)Oc1ccc(OC(=O)[C@H]2CC[C@H](C(=O)Oc3ccccc3)CC2)c(OC)c1. The van der Waals surface area contributed by atoms with Crippen LogP contribution in [0.1, 0.15) is 25.7 Å². The lowest BCUT2D eigenvalue weighted by Crippen LogP contribution is -2.30. The second kappa shape index (κ2) is 12.9. The molecule has 10 heteroatoms. The van der Waals surface area contributed by atoms with Crippen LogP contribution in [0.4, 0.5) is 4.79 Å². The molecule has 0 saturated heterocycles. The van der Waals surface area contributed by atoms with Crippen LogP contribution < -0.4 is 18.9 Å². The topological polar surface area (TPSA) is 124 Å². The number of ether oxygens (including phenoxy) is 6. The van der Waals surface area contributed by atoms with Crippen molar-refractivity contribution in [1.82, 2.24) is 0 Å². The minimum absolute atomic E-state index is 0.0594. The molecule has 0 aliphatic heterocycles. The first-order chi connectivity index (χ1) is 17.4. The van der Waals surface area contributed by atoms with Gasteiger partial charge in [-0.15, -0.1) is 0 Å². The first-order valence-electron chi connectivity index (χ1n) is 11.2. The first-order valence-corrected chi connectivity index (χ1v) is 11.2. The number of carbonyl (C=O) groups excluding carboxylic acids is 4. The van der Waals surface area contributed by atoms with E-state index in [1.165, 1.54) is 25.3 Å². The van der Waals surface area contributed by atoms with Crippen molar-refractivity contribution in [3.05, 3.63) is 61.2 Å². The predicted molar refractivity (Wildman–Crippen MR) is 124 cm³/mol. The van der Waals surface area contributed by atoms with Gasteiger partial charge in [0, 0.05) is 12.1 Å². The zero-order chi connectivity index (χ0) is 25.9. The number of hydrogen-bond acceptors (Lipinski definition) is 10. The van der Waals surface area contributed by atoms with E-state index in [1.54, 1.807) is 24.3 Å². The molecule has 2 aromatic rings. The fourth-order valence-electron chi connectivity index (χ4n) is 3.56. The average molecular weight is 498 g/mol. The minimum Gasteiger partial charge on any atom is -0.493 e. The molecule has 0 N–H and O–H groups in total. The van der Waals surface area contributed by atoms with E-state index in [2.05, 4.69) is 16.1 Å². The van der Waals surface area contributed by atoms with Crippen molar-refractivity contribution in [2.75, 3.05) is 13.9 Å². The number of carbonyl (C=O) groups is 4. The molecule has 2 aromatic carbocycles. The molecule has 0 bridgehead atoms. The summed E-state index contributed by atoms with van der Waals surface area (Å²) in [6.45, 7) is 2.58. The summed E-state index contributed by atoms with van der Waals surface area (Å²) < 4.78 is 30.3. The van der Waals surface area contributed by atoms with Crippen molar-refractivity contribution in [3.8, 4) is 23.0 Å². The molecule has 0 spiro atoms. The zero-order valence-corrected chi connectivity index (χ0v) is 19.7. The van der Waals surface area contributed by atoms with Crippen molar-refractivity contribution in [3.63, 3.8) is 0 Å². The fourth-order valence-corrected chi connectivity index (χ4v) is 3.56. The molecule has 0 heterocycles. The number of methoxy groups -OCH3 is 1. The highest BCUT2D eigenvalue weighted by molar-refractivity contribution is 5.81. The molecule has 10 nitrogen and oxygen atoms in total. The Hall–Kier alpha value is -4.34. The summed E-state index contributed by atoms with van der Waals surface area (Å²) in [7, 11) is 1.37. The number of hydrogen-bond donors (Lipinski definition) is 0. The zero-order valence-electron chi connectivity index (χ0n) is 19.7. The molecular weight excluding hydrogens is 472 g/mol. The third-order valence-corrected chi connectivity index (χ3v) is 5.45. The Morgan fingerprint density at radius 2 is 1.44 bits per heavy atom. The van der Waals surface area contributed by atoms with Gasteiger partial charge in [0.05, 0.1) is 18.9 Å². The van der Waals surface area contributed by atoms with Crippen molar-refractivity contribution in [2.45, 2.75) is 25.7 Å². The summed E-state index contributed by atoms with van der Waals surface area (Å²) in [5, 5.41) is 0. The summed E-state index contributed by atoms with van der Waals surface area (Å²) in [5.74, 6) is -1.29. The van der Waals surface area contributed by atoms with Crippen LogP contribution in [0, 0.1) is 11.8 Å². The van der Waals surface area contributed by atoms with Gasteiger partial charge in [-0.2, -0.15) is 0 Å². The summed E-state index contributed by atoms with van der Waals surface area (Å²) in [6, 6.07) is 13.0. The van der Waals surface area contributed by atoms with E-state index in [4.69, 9.17) is 18.9 Å². The molecule has 3 rings (SSSR count). The molecule has 0 unspecified atom stereocenters. The van der Waals surface area contributed by atoms with E-state index in [-0.39, 0.29) is 35.1 Å². The van der Waals surface area contributed by atoms with E-state index in [0.29, 0.717) is 31.4 Å². The number of esters is 3. The number of para-hydroxylation sites is 1. The van der Waals surface area contributed by atoms with Crippen LogP contribution >= 0.6 is 0 Å². The van der Waals surface area contributed by atoms with E-state index >= 15 is 0 Å². The molecule has 0 radical (unpaired) electrons. The number of benzene rings is 2. The van der Waals surface area contributed by atoms with Crippen LogP contribution in [0.25, 0.3) is 0 Å². The Morgan fingerprint density at radius 3 is 2.06 bits per heavy atom. The van der Waals surface area contributed by atoms with Crippen molar-refractivity contribution >= 4 is 24.1 Å². The van der Waals surface area contributed by atoms with E-state index in [0.717, 1.165) is 6.08 Å². The Kier molecular flexibility index (Phi) is 9.44. The average Bonchev–Trinajstić information content (AvgIpc) is 2.90. The molecule has 1 saturated carbocycles. The molecule has 36 heavy (non-hydrogen) atoms. The van der Waals surface area contributed by atoms with Crippen LogP contribution in [0.15, 0.2) is 61.2 Å². The van der Waals surface area contributed by atoms with Gasteiger partial charge in [-0.05, 0) is 49.9 Å². The van der Waals surface area contributed by atoms with E-state index < -0.39 is 24.9 Å². The van der Waals surface area contributed by atoms with Crippen LogP contribution in [0.5, 0.6) is 23.0 Å². The van der Waals surface area contributed by atoms with Gasteiger partial charge in [-0.3, -0.25) is 9.59 Å².